The maximum atomic E-state index is 11.5. The van der Waals surface area contributed by atoms with Crippen molar-refractivity contribution in [1.29, 1.82) is 0 Å². The molecule has 1 atom stereocenters. The Bertz CT molecular complexity index is 324. The molecule has 1 aromatic rings. The summed E-state index contributed by atoms with van der Waals surface area (Å²) >= 11 is 3.33. The van der Waals surface area contributed by atoms with Crippen molar-refractivity contribution in [3.05, 3.63) is 29.6 Å². The molecule has 0 radical (unpaired) electrons. The predicted molar refractivity (Wildman–Crippen MR) is 49.6 cm³/mol. The number of hydrogen-bond donors (Lipinski definition) is 0. The van der Waals surface area contributed by atoms with Gasteiger partial charge in [-0.3, -0.25) is 9.78 Å². The van der Waals surface area contributed by atoms with Crippen LogP contribution in [0.5, 0.6) is 0 Å². The van der Waals surface area contributed by atoms with Crippen molar-refractivity contribution in [3.63, 3.8) is 0 Å². The third-order valence-corrected chi connectivity index (χ3v) is 2.95. The van der Waals surface area contributed by atoms with Crippen LogP contribution in [-0.4, -0.2) is 15.6 Å². The van der Waals surface area contributed by atoms with Crippen LogP contribution in [0, 0.1) is 0 Å². The monoisotopic (exact) mass is 225 g/mol. The molecule has 0 amide bonds. The standard InChI is InChI=1S/C9H8BrNO/c10-7-4-3-6-2-1-5-11-8(6)9(7)12/h1-2,5,7H,3-4H2. The number of carbonyl (C=O) groups excluding carboxylic acids is 1. The Morgan fingerprint density at radius 2 is 2.42 bits per heavy atom. The summed E-state index contributed by atoms with van der Waals surface area (Å²) in [5.41, 5.74) is 1.73. The number of ketones is 1. The molecule has 0 bridgehead atoms. The van der Waals surface area contributed by atoms with Gasteiger partial charge in [0.25, 0.3) is 0 Å². The summed E-state index contributed by atoms with van der Waals surface area (Å²) < 4.78 is 0. The molecule has 3 heteroatoms. The second-order valence-corrected chi connectivity index (χ2v) is 3.99. The van der Waals surface area contributed by atoms with E-state index in [4.69, 9.17) is 0 Å². The summed E-state index contributed by atoms with van der Waals surface area (Å²) in [6, 6.07) is 3.85. The maximum absolute atomic E-state index is 11.5. The SMILES string of the molecule is O=C1c2ncccc2CCC1Br. The first-order chi connectivity index (χ1) is 5.79. The molecule has 0 saturated heterocycles. The molecule has 62 valence electrons. The molecular formula is C9H8BrNO. The second-order valence-electron chi connectivity index (χ2n) is 2.88. The van der Waals surface area contributed by atoms with E-state index in [1.54, 1.807) is 6.20 Å². The lowest BCUT2D eigenvalue weighted by molar-refractivity contribution is 0.0976. The average molecular weight is 226 g/mol. The van der Waals surface area contributed by atoms with Crippen molar-refractivity contribution in [2.45, 2.75) is 17.7 Å². The van der Waals surface area contributed by atoms with Gasteiger partial charge < -0.3 is 0 Å². The first-order valence-electron chi connectivity index (χ1n) is 3.91. The minimum atomic E-state index is -0.0279. The summed E-state index contributed by atoms with van der Waals surface area (Å²) in [4.78, 5) is 15.6. The molecule has 0 fully saturated rings. The number of aryl methyl sites for hydroxylation is 1. The Labute approximate surface area is 79.1 Å². The molecule has 0 N–H and O–H groups in total. The molecule has 12 heavy (non-hydrogen) atoms. The van der Waals surface area contributed by atoms with Crippen LogP contribution < -0.4 is 0 Å². The molecule has 1 aliphatic rings. The molecule has 1 heterocycles. The summed E-state index contributed by atoms with van der Waals surface area (Å²) in [6.45, 7) is 0. The van der Waals surface area contributed by atoms with E-state index in [1.807, 2.05) is 12.1 Å². The van der Waals surface area contributed by atoms with Gasteiger partial charge in [-0.15, -0.1) is 0 Å². The lowest BCUT2D eigenvalue weighted by Gasteiger charge is -2.16. The highest BCUT2D eigenvalue weighted by molar-refractivity contribution is 9.10. The molecule has 2 nitrogen and oxygen atoms in total. The maximum Gasteiger partial charge on any atom is 0.195 e. The third kappa shape index (κ3) is 1.18. The van der Waals surface area contributed by atoms with Gasteiger partial charge in [0.1, 0.15) is 5.69 Å². The lowest BCUT2D eigenvalue weighted by Crippen LogP contribution is -2.23. The zero-order chi connectivity index (χ0) is 8.55. The highest BCUT2D eigenvalue weighted by atomic mass is 79.9. The second kappa shape index (κ2) is 2.98. The molecular weight excluding hydrogens is 218 g/mol. The molecule has 1 aliphatic carbocycles. The van der Waals surface area contributed by atoms with Crippen molar-refractivity contribution < 1.29 is 4.79 Å². The van der Waals surface area contributed by atoms with Crippen LogP contribution >= 0.6 is 15.9 Å². The Morgan fingerprint density at radius 3 is 3.25 bits per heavy atom. The smallest absolute Gasteiger partial charge is 0.195 e. The van der Waals surface area contributed by atoms with Gasteiger partial charge in [-0.05, 0) is 24.5 Å². The molecule has 1 aromatic heterocycles. The number of fused-ring (bicyclic) bond motifs is 1. The summed E-state index contributed by atoms with van der Waals surface area (Å²) in [7, 11) is 0. The first-order valence-corrected chi connectivity index (χ1v) is 4.83. The minimum Gasteiger partial charge on any atom is -0.291 e. The van der Waals surface area contributed by atoms with Gasteiger partial charge in [-0.1, -0.05) is 22.0 Å². The fraction of sp³-hybridized carbons (Fsp3) is 0.333. The first kappa shape index (κ1) is 7.92. The van der Waals surface area contributed by atoms with Crippen LogP contribution in [0.25, 0.3) is 0 Å². The number of pyridine rings is 1. The zero-order valence-corrected chi connectivity index (χ0v) is 8.04. The molecule has 0 saturated carbocycles. The van der Waals surface area contributed by atoms with Gasteiger partial charge in [0, 0.05) is 6.20 Å². The van der Waals surface area contributed by atoms with Gasteiger partial charge >= 0.3 is 0 Å². The van der Waals surface area contributed by atoms with Crippen LogP contribution in [0.3, 0.4) is 0 Å². The van der Waals surface area contributed by atoms with E-state index >= 15 is 0 Å². The Morgan fingerprint density at radius 1 is 1.58 bits per heavy atom. The lowest BCUT2D eigenvalue weighted by atomic mass is 9.95. The number of aromatic nitrogens is 1. The zero-order valence-electron chi connectivity index (χ0n) is 6.46. The van der Waals surface area contributed by atoms with Crippen molar-refractivity contribution >= 4 is 21.7 Å². The third-order valence-electron chi connectivity index (χ3n) is 2.08. The number of rotatable bonds is 0. The van der Waals surface area contributed by atoms with E-state index in [-0.39, 0.29) is 10.6 Å². The van der Waals surface area contributed by atoms with Gasteiger partial charge in [-0.25, -0.2) is 0 Å². The summed E-state index contributed by atoms with van der Waals surface area (Å²) in [5.74, 6) is 0.122. The highest BCUT2D eigenvalue weighted by Crippen LogP contribution is 2.23. The fourth-order valence-electron chi connectivity index (χ4n) is 1.42. The average Bonchev–Trinajstić information content (AvgIpc) is 2.12. The van der Waals surface area contributed by atoms with E-state index in [0.29, 0.717) is 5.69 Å². The fourth-order valence-corrected chi connectivity index (χ4v) is 1.87. The van der Waals surface area contributed by atoms with E-state index in [9.17, 15) is 4.79 Å². The molecule has 1 unspecified atom stereocenters. The van der Waals surface area contributed by atoms with E-state index in [0.717, 1.165) is 18.4 Å². The van der Waals surface area contributed by atoms with Gasteiger partial charge in [-0.2, -0.15) is 0 Å². The summed E-state index contributed by atoms with van der Waals surface area (Å²) in [5, 5.41) is 0. The number of hydrogen-bond acceptors (Lipinski definition) is 2. The predicted octanol–water partition coefficient (Wildman–Crippen LogP) is 1.97. The van der Waals surface area contributed by atoms with Crippen molar-refractivity contribution in [2.75, 3.05) is 0 Å². The Balaban J connectivity index is 2.49. The van der Waals surface area contributed by atoms with E-state index < -0.39 is 0 Å². The van der Waals surface area contributed by atoms with Crippen LogP contribution in [-0.2, 0) is 6.42 Å². The Hall–Kier alpha value is -0.700. The summed E-state index contributed by atoms with van der Waals surface area (Å²) in [6.07, 6.45) is 3.50. The number of Topliss-reactive ketones (excluding diaryl/α,β-unsaturated/α-hetero) is 1. The van der Waals surface area contributed by atoms with E-state index in [2.05, 4.69) is 20.9 Å². The number of nitrogens with zero attached hydrogens (tertiary/aromatic N) is 1. The van der Waals surface area contributed by atoms with Gasteiger partial charge in [0.2, 0.25) is 0 Å². The van der Waals surface area contributed by atoms with Crippen molar-refractivity contribution in [3.8, 4) is 0 Å². The van der Waals surface area contributed by atoms with Crippen LogP contribution in [0.15, 0.2) is 18.3 Å². The van der Waals surface area contributed by atoms with Gasteiger partial charge in [0.15, 0.2) is 5.78 Å². The number of halogens is 1. The van der Waals surface area contributed by atoms with Crippen molar-refractivity contribution in [2.24, 2.45) is 0 Å². The minimum absolute atomic E-state index is 0.0279. The largest absolute Gasteiger partial charge is 0.291 e. The topological polar surface area (TPSA) is 30.0 Å². The van der Waals surface area contributed by atoms with Gasteiger partial charge in [0.05, 0.1) is 4.83 Å². The van der Waals surface area contributed by atoms with Crippen molar-refractivity contribution in [1.82, 2.24) is 4.98 Å². The van der Waals surface area contributed by atoms with Crippen LogP contribution in [0.1, 0.15) is 22.5 Å². The molecule has 2 rings (SSSR count). The normalized spacial score (nSPS) is 22.1. The number of alkyl halides is 1. The molecule has 0 aliphatic heterocycles. The Kier molecular flexibility index (Phi) is 1.97. The molecule has 0 spiro atoms. The highest BCUT2D eigenvalue weighted by Gasteiger charge is 2.25. The van der Waals surface area contributed by atoms with Crippen LogP contribution in [0.4, 0.5) is 0 Å². The quantitative estimate of drug-likeness (QED) is 0.633. The number of carbonyl (C=O) groups is 1. The molecule has 0 aromatic carbocycles. The van der Waals surface area contributed by atoms with E-state index in [1.165, 1.54) is 0 Å². The van der Waals surface area contributed by atoms with Crippen LogP contribution in [0.2, 0.25) is 0 Å².